The van der Waals surface area contributed by atoms with E-state index in [1.807, 2.05) is 26.0 Å². The van der Waals surface area contributed by atoms with Crippen molar-refractivity contribution in [2.45, 2.75) is 26.4 Å². The zero-order valence-corrected chi connectivity index (χ0v) is 10.7. The van der Waals surface area contributed by atoms with Gasteiger partial charge < -0.3 is 14.6 Å². The van der Waals surface area contributed by atoms with E-state index in [4.69, 9.17) is 9.47 Å². The van der Waals surface area contributed by atoms with Crippen molar-refractivity contribution in [3.8, 4) is 5.75 Å². The lowest BCUT2D eigenvalue weighted by Crippen LogP contribution is -2.13. The minimum Gasteiger partial charge on any atom is -0.496 e. The summed E-state index contributed by atoms with van der Waals surface area (Å²) in [5.41, 5.74) is 3.11. The quantitative estimate of drug-likeness (QED) is 0.875. The number of methoxy groups -OCH3 is 1. The first-order chi connectivity index (χ1) is 8.13. The molecule has 0 aliphatic carbocycles. The van der Waals surface area contributed by atoms with Crippen LogP contribution in [0.15, 0.2) is 12.1 Å². The molecule has 0 radical (unpaired) electrons. The third-order valence-corrected chi connectivity index (χ3v) is 3.44. The molecular formula is C14H20O3. The van der Waals surface area contributed by atoms with Crippen LogP contribution >= 0.6 is 0 Å². The molecule has 0 bridgehead atoms. The average Bonchev–Trinajstić information content (AvgIpc) is 2.81. The van der Waals surface area contributed by atoms with Gasteiger partial charge in [-0.1, -0.05) is 0 Å². The van der Waals surface area contributed by atoms with Crippen molar-refractivity contribution in [1.82, 2.24) is 0 Å². The van der Waals surface area contributed by atoms with Gasteiger partial charge in [0.1, 0.15) is 5.75 Å². The van der Waals surface area contributed by atoms with Gasteiger partial charge in [0.15, 0.2) is 0 Å². The molecule has 1 saturated heterocycles. The van der Waals surface area contributed by atoms with Crippen LogP contribution < -0.4 is 4.74 Å². The molecule has 2 unspecified atom stereocenters. The third kappa shape index (κ3) is 2.45. The van der Waals surface area contributed by atoms with Crippen molar-refractivity contribution in [2.24, 2.45) is 5.92 Å². The van der Waals surface area contributed by atoms with E-state index in [9.17, 15) is 5.11 Å². The fourth-order valence-corrected chi connectivity index (χ4v) is 2.55. The molecule has 2 atom stereocenters. The average molecular weight is 236 g/mol. The van der Waals surface area contributed by atoms with E-state index < -0.39 is 6.10 Å². The zero-order valence-electron chi connectivity index (χ0n) is 10.7. The van der Waals surface area contributed by atoms with Gasteiger partial charge in [0.05, 0.1) is 19.8 Å². The second-order valence-corrected chi connectivity index (χ2v) is 4.76. The lowest BCUT2D eigenvalue weighted by atomic mass is 9.92. The molecule has 0 spiro atoms. The number of aliphatic hydroxyl groups is 1. The Hall–Kier alpha value is -1.06. The molecule has 1 aliphatic heterocycles. The highest BCUT2D eigenvalue weighted by molar-refractivity contribution is 5.44. The van der Waals surface area contributed by atoms with Crippen LogP contribution in [0.3, 0.4) is 0 Å². The first-order valence-electron chi connectivity index (χ1n) is 6.04. The van der Waals surface area contributed by atoms with Gasteiger partial charge in [-0.2, -0.15) is 0 Å². The van der Waals surface area contributed by atoms with E-state index >= 15 is 0 Å². The van der Waals surface area contributed by atoms with Gasteiger partial charge >= 0.3 is 0 Å². The van der Waals surface area contributed by atoms with Gasteiger partial charge in [-0.05, 0) is 49.1 Å². The Kier molecular flexibility index (Phi) is 3.69. The summed E-state index contributed by atoms with van der Waals surface area (Å²) < 4.78 is 10.7. The van der Waals surface area contributed by atoms with Crippen LogP contribution in [0.5, 0.6) is 5.75 Å². The highest BCUT2D eigenvalue weighted by Gasteiger charge is 2.25. The molecule has 1 fully saturated rings. The van der Waals surface area contributed by atoms with Gasteiger partial charge in [-0.15, -0.1) is 0 Å². The summed E-state index contributed by atoms with van der Waals surface area (Å²) in [6.45, 7) is 5.43. The molecule has 1 heterocycles. The molecule has 1 N–H and O–H groups in total. The maximum absolute atomic E-state index is 10.3. The van der Waals surface area contributed by atoms with Gasteiger partial charge in [0, 0.05) is 12.5 Å². The number of rotatable bonds is 3. The van der Waals surface area contributed by atoms with Gasteiger partial charge in [-0.3, -0.25) is 0 Å². The van der Waals surface area contributed by atoms with E-state index in [2.05, 4.69) is 0 Å². The number of aryl methyl sites for hydroxylation is 2. The van der Waals surface area contributed by atoms with Gasteiger partial charge in [-0.25, -0.2) is 0 Å². The van der Waals surface area contributed by atoms with Crippen LogP contribution in [0, 0.1) is 19.8 Å². The Labute approximate surface area is 102 Å². The van der Waals surface area contributed by atoms with Crippen molar-refractivity contribution in [3.05, 3.63) is 28.8 Å². The van der Waals surface area contributed by atoms with E-state index in [1.165, 1.54) is 0 Å². The molecule has 94 valence electrons. The van der Waals surface area contributed by atoms with Crippen LogP contribution in [0.2, 0.25) is 0 Å². The summed E-state index contributed by atoms with van der Waals surface area (Å²) in [5, 5.41) is 10.3. The normalized spacial score (nSPS) is 21.5. The molecule has 0 amide bonds. The summed E-state index contributed by atoms with van der Waals surface area (Å²) in [6.07, 6.45) is 0.506. The lowest BCUT2D eigenvalue weighted by Gasteiger charge is -2.19. The zero-order chi connectivity index (χ0) is 12.4. The van der Waals surface area contributed by atoms with Crippen LogP contribution in [0.1, 0.15) is 29.2 Å². The molecule has 1 aromatic carbocycles. The van der Waals surface area contributed by atoms with E-state index in [1.54, 1.807) is 7.11 Å². The first-order valence-corrected chi connectivity index (χ1v) is 6.04. The number of aliphatic hydroxyl groups excluding tert-OH is 1. The van der Waals surface area contributed by atoms with Crippen molar-refractivity contribution >= 4 is 0 Å². The molecule has 3 nitrogen and oxygen atoms in total. The van der Waals surface area contributed by atoms with Gasteiger partial charge in [0.25, 0.3) is 0 Å². The van der Waals surface area contributed by atoms with Crippen molar-refractivity contribution in [3.63, 3.8) is 0 Å². The summed E-state index contributed by atoms with van der Waals surface area (Å²) in [6, 6.07) is 4.02. The summed E-state index contributed by atoms with van der Waals surface area (Å²) >= 11 is 0. The first kappa shape index (κ1) is 12.4. The Bertz CT molecular complexity index is 371. The predicted molar refractivity (Wildman–Crippen MR) is 66.4 cm³/mol. The number of ether oxygens (including phenoxy) is 2. The summed E-state index contributed by atoms with van der Waals surface area (Å²) in [5.74, 6) is 1.13. The number of hydrogen-bond donors (Lipinski definition) is 1. The Balaban J connectivity index is 2.26. The molecule has 3 heteroatoms. The fourth-order valence-electron chi connectivity index (χ4n) is 2.55. The molecule has 2 rings (SSSR count). The topological polar surface area (TPSA) is 38.7 Å². The smallest absolute Gasteiger partial charge is 0.124 e. The lowest BCUT2D eigenvalue weighted by molar-refractivity contribution is 0.0917. The maximum Gasteiger partial charge on any atom is 0.124 e. The standard InChI is InChI=1S/C14H20O3/c1-9-6-12(7-10(2)14(9)16-3)13(15)11-4-5-17-8-11/h6-7,11,13,15H,4-5,8H2,1-3H3. The molecular weight excluding hydrogens is 216 g/mol. The van der Waals surface area contributed by atoms with Crippen molar-refractivity contribution < 1.29 is 14.6 Å². The van der Waals surface area contributed by atoms with Crippen LogP contribution in [-0.4, -0.2) is 25.4 Å². The number of hydrogen-bond acceptors (Lipinski definition) is 3. The number of benzene rings is 1. The molecule has 1 aromatic rings. The fraction of sp³-hybridized carbons (Fsp3) is 0.571. The molecule has 0 saturated carbocycles. The second kappa shape index (κ2) is 5.07. The van der Waals surface area contributed by atoms with E-state index in [0.29, 0.717) is 6.61 Å². The highest BCUT2D eigenvalue weighted by Crippen LogP contribution is 2.33. The molecule has 1 aliphatic rings. The monoisotopic (exact) mass is 236 g/mol. The van der Waals surface area contributed by atoms with Crippen LogP contribution in [0.25, 0.3) is 0 Å². The Morgan fingerprint density at radius 1 is 1.35 bits per heavy atom. The van der Waals surface area contributed by atoms with Crippen LogP contribution in [0.4, 0.5) is 0 Å². The maximum atomic E-state index is 10.3. The van der Waals surface area contributed by atoms with Crippen LogP contribution in [-0.2, 0) is 4.74 Å². The third-order valence-electron chi connectivity index (χ3n) is 3.44. The predicted octanol–water partition coefficient (Wildman–Crippen LogP) is 2.38. The van der Waals surface area contributed by atoms with Crippen molar-refractivity contribution in [1.29, 1.82) is 0 Å². The second-order valence-electron chi connectivity index (χ2n) is 4.76. The summed E-state index contributed by atoms with van der Waals surface area (Å²) in [7, 11) is 1.68. The molecule has 0 aromatic heterocycles. The Morgan fingerprint density at radius 3 is 2.47 bits per heavy atom. The SMILES string of the molecule is COc1c(C)cc(C(O)C2CCOC2)cc1C. The molecule has 17 heavy (non-hydrogen) atoms. The minimum absolute atomic E-state index is 0.224. The van der Waals surface area contributed by atoms with E-state index in [-0.39, 0.29) is 5.92 Å². The van der Waals surface area contributed by atoms with E-state index in [0.717, 1.165) is 35.5 Å². The van der Waals surface area contributed by atoms with Crippen molar-refractivity contribution in [2.75, 3.05) is 20.3 Å². The highest BCUT2D eigenvalue weighted by atomic mass is 16.5. The largest absolute Gasteiger partial charge is 0.496 e. The minimum atomic E-state index is -0.430. The van der Waals surface area contributed by atoms with Gasteiger partial charge in [0.2, 0.25) is 0 Å². The summed E-state index contributed by atoms with van der Waals surface area (Å²) in [4.78, 5) is 0. The Morgan fingerprint density at radius 2 is 2.00 bits per heavy atom.